The number of carbonyl (C=O) groups is 2. The molecule has 134 valence electrons. The van der Waals surface area contributed by atoms with Gasteiger partial charge in [-0.15, -0.1) is 0 Å². The SMILES string of the molecule is CC[NH+]1CCN(C2=C(Cl)C(=O)N(c3cccc4ccccc34)C2=O)CC1. The fourth-order valence-electron chi connectivity index (χ4n) is 3.79. The molecule has 0 spiro atoms. The highest BCUT2D eigenvalue weighted by Crippen LogP contribution is 2.35. The summed E-state index contributed by atoms with van der Waals surface area (Å²) in [6.07, 6.45) is 0. The molecule has 2 aromatic carbocycles. The molecule has 0 radical (unpaired) electrons. The smallest absolute Gasteiger partial charge is 0.283 e. The van der Waals surface area contributed by atoms with E-state index in [2.05, 4.69) is 6.92 Å². The summed E-state index contributed by atoms with van der Waals surface area (Å²) in [5, 5.41) is 1.88. The number of piperazine rings is 1. The third-order valence-corrected chi connectivity index (χ3v) is 5.64. The number of carbonyl (C=O) groups excluding carboxylic acids is 2. The van der Waals surface area contributed by atoms with E-state index < -0.39 is 5.91 Å². The Morgan fingerprint density at radius 3 is 2.42 bits per heavy atom. The summed E-state index contributed by atoms with van der Waals surface area (Å²) in [7, 11) is 0. The van der Waals surface area contributed by atoms with E-state index in [9.17, 15) is 9.59 Å². The number of halogens is 1. The van der Waals surface area contributed by atoms with Crippen molar-refractivity contribution in [2.75, 3.05) is 37.6 Å². The molecule has 4 rings (SSSR count). The first-order chi connectivity index (χ1) is 12.6. The molecule has 1 N–H and O–H groups in total. The van der Waals surface area contributed by atoms with Crippen LogP contribution in [0.5, 0.6) is 0 Å². The summed E-state index contributed by atoms with van der Waals surface area (Å²) >= 11 is 6.34. The molecule has 0 bridgehead atoms. The van der Waals surface area contributed by atoms with E-state index in [0.717, 1.165) is 43.5 Å². The van der Waals surface area contributed by atoms with Crippen LogP contribution in [0.25, 0.3) is 10.8 Å². The molecule has 2 aliphatic rings. The van der Waals surface area contributed by atoms with Gasteiger partial charge in [0.05, 0.1) is 38.4 Å². The van der Waals surface area contributed by atoms with Crippen molar-refractivity contribution in [3.8, 4) is 0 Å². The number of fused-ring (bicyclic) bond motifs is 1. The fourth-order valence-corrected chi connectivity index (χ4v) is 4.07. The van der Waals surface area contributed by atoms with E-state index >= 15 is 0 Å². The van der Waals surface area contributed by atoms with Crippen LogP contribution in [0.3, 0.4) is 0 Å². The maximum Gasteiger partial charge on any atom is 0.283 e. The number of hydrogen-bond acceptors (Lipinski definition) is 3. The quantitative estimate of drug-likeness (QED) is 0.830. The Morgan fingerprint density at radius 1 is 1.00 bits per heavy atom. The lowest BCUT2D eigenvalue weighted by Crippen LogP contribution is -3.14. The minimum absolute atomic E-state index is 0.0304. The van der Waals surface area contributed by atoms with Gasteiger partial charge in [0.25, 0.3) is 11.8 Å². The third-order valence-electron chi connectivity index (χ3n) is 5.30. The average Bonchev–Trinajstić information content (AvgIpc) is 2.90. The molecule has 2 amide bonds. The number of nitrogens with zero attached hydrogens (tertiary/aromatic N) is 2. The largest absolute Gasteiger partial charge is 0.354 e. The van der Waals surface area contributed by atoms with Gasteiger partial charge in [-0.05, 0) is 18.4 Å². The molecule has 0 aliphatic carbocycles. The van der Waals surface area contributed by atoms with Crippen LogP contribution >= 0.6 is 11.6 Å². The molecule has 6 heteroatoms. The van der Waals surface area contributed by atoms with Crippen molar-refractivity contribution in [1.82, 2.24) is 4.90 Å². The van der Waals surface area contributed by atoms with Gasteiger partial charge in [-0.3, -0.25) is 9.59 Å². The fraction of sp³-hybridized carbons (Fsp3) is 0.300. The van der Waals surface area contributed by atoms with Crippen LogP contribution < -0.4 is 9.80 Å². The maximum absolute atomic E-state index is 13.1. The van der Waals surface area contributed by atoms with Gasteiger partial charge in [-0.2, -0.15) is 0 Å². The Hall–Kier alpha value is -2.37. The summed E-state index contributed by atoms with van der Waals surface area (Å²) in [6.45, 7) is 6.58. The molecule has 2 heterocycles. The van der Waals surface area contributed by atoms with E-state index in [1.165, 1.54) is 9.80 Å². The molecule has 0 atom stereocenters. The molecule has 26 heavy (non-hydrogen) atoms. The van der Waals surface area contributed by atoms with E-state index in [1.54, 1.807) is 6.07 Å². The van der Waals surface area contributed by atoms with Gasteiger partial charge in [0.2, 0.25) is 0 Å². The number of quaternary nitrogens is 1. The van der Waals surface area contributed by atoms with Gasteiger partial charge in [0.1, 0.15) is 10.7 Å². The normalized spacial score (nSPS) is 19.2. The minimum Gasteiger partial charge on any atom is -0.354 e. The summed E-state index contributed by atoms with van der Waals surface area (Å²) in [5.74, 6) is -0.760. The van der Waals surface area contributed by atoms with Crippen molar-refractivity contribution in [1.29, 1.82) is 0 Å². The van der Waals surface area contributed by atoms with Crippen LogP contribution in [0.2, 0.25) is 0 Å². The third kappa shape index (κ3) is 2.68. The standard InChI is InChI=1S/C20H20ClN3O2/c1-2-22-10-12-23(13-11-22)18-17(21)19(25)24(20(18)26)16-9-5-7-14-6-3-4-8-15(14)16/h3-9H,2,10-13H2,1H3/p+1. The molecule has 2 aliphatic heterocycles. The zero-order valence-electron chi connectivity index (χ0n) is 14.7. The first-order valence-corrected chi connectivity index (χ1v) is 9.34. The predicted molar refractivity (Wildman–Crippen MR) is 102 cm³/mol. The van der Waals surface area contributed by atoms with E-state index in [-0.39, 0.29) is 10.9 Å². The molecule has 2 aromatic rings. The van der Waals surface area contributed by atoms with E-state index in [4.69, 9.17) is 11.6 Å². The molecule has 0 saturated carbocycles. The number of likely N-dealkylation sites (N-methyl/N-ethyl adjacent to an activating group) is 1. The van der Waals surface area contributed by atoms with Gasteiger partial charge < -0.3 is 9.80 Å². The van der Waals surface area contributed by atoms with Crippen molar-refractivity contribution in [2.24, 2.45) is 0 Å². The number of hydrogen-bond donors (Lipinski definition) is 1. The molecule has 1 fully saturated rings. The lowest BCUT2D eigenvalue weighted by molar-refractivity contribution is -0.902. The number of rotatable bonds is 3. The van der Waals surface area contributed by atoms with Crippen LogP contribution in [0.4, 0.5) is 5.69 Å². The Labute approximate surface area is 157 Å². The van der Waals surface area contributed by atoms with E-state index in [0.29, 0.717) is 11.4 Å². The lowest BCUT2D eigenvalue weighted by atomic mass is 10.1. The topological polar surface area (TPSA) is 45.1 Å². The second-order valence-corrected chi connectivity index (χ2v) is 7.08. The van der Waals surface area contributed by atoms with Crippen molar-refractivity contribution >= 4 is 39.9 Å². The Kier molecular flexibility index (Phi) is 4.42. The van der Waals surface area contributed by atoms with Crippen LogP contribution in [-0.2, 0) is 9.59 Å². The van der Waals surface area contributed by atoms with Crippen LogP contribution in [0, 0.1) is 0 Å². The Morgan fingerprint density at radius 2 is 1.69 bits per heavy atom. The number of benzene rings is 2. The second-order valence-electron chi connectivity index (χ2n) is 6.70. The summed E-state index contributed by atoms with van der Waals surface area (Å²) in [4.78, 5) is 30.6. The highest BCUT2D eigenvalue weighted by atomic mass is 35.5. The van der Waals surface area contributed by atoms with Crippen LogP contribution in [-0.4, -0.2) is 49.4 Å². The number of nitrogens with one attached hydrogen (secondary N) is 1. The molecular weight excluding hydrogens is 350 g/mol. The van der Waals surface area contributed by atoms with E-state index in [1.807, 2.05) is 41.3 Å². The summed E-state index contributed by atoms with van der Waals surface area (Å²) in [5.41, 5.74) is 0.934. The van der Waals surface area contributed by atoms with Crippen molar-refractivity contribution in [3.63, 3.8) is 0 Å². The highest BCUT2D eigenvalue weighted by Gasteiger charge is 2.42. The number of imide groups is 1. The van der Waals surface area contributed by atoms with Gasteiger partial charge in [-0.25, -0.2) is 4.90 Å². The lowest BCUT2D eigenvalue weighted by Gasteiger charge is -2.33. The predicted octanol–water partition coefficient (Wildman–Crippen LogP) is 1.38. The van der Waals surface area contributed by atoms with Crippen molar-refractivity contribution in [3.05, 3.63) is 53.2 Å². The van der Waals surface area contributed by atoms with Gasteiger partial charge in [0.15, 0.2) is 0 Å². The number of anilines is 1. The van der Waals surface area contributed by atoms with Gasteiger partial charge in [0, 0.05) is 5.39 Å². The first kappa shape index (κ1) is 17.1. The molecule has 5 nitrogen and oxygen atoms in total. The monoisotopic (exact) mass is 370 g/mol. The maximum atomic E-state index is 13.1. The molecule has 1 saturated heterocycles. The highest BCUT2D eigenvalue weighted by molar-refractivity contribution is 6.53. The second kappa shape index (κ2) is 6.74. The first-order valence-electron chi connectivity index (χ1n) is 8.96. The van der Waals surface area contributed by atoms with Crippen molar-refractivity contribution in [2.45, 2.75) is 6.92 Å². The van der Waals surface area contributed by atoms with Crippen LogP contribution in [0.15, 0.2) is 53.2 Å². The number of amides is 2. The average molecular weight is 371 g/mol. The molecule has 0 aromatic heterocycles. The minimum atomic E-state index is -0.437. The Bertz CT molecular complexity index is 911. The zero-order chi connectivity index (χ0) is 18.3. The summed E-state index contributed by atoms with van der Waals surface area (Å²) < 4.78 is 0. The molecular formula is C20H21ClN3O2+. The van der Waals surface area contributed by atoms with Gasteiger partial charge >= 0.3 is 0 Å². The van der Waals surface area contributed by atoms with Crippen LogP contribution in [0.1, 0.15) is 6.92 Å². The van der Waals surface area contributed by atoms with Gasteiger partial charge in [-0.1, -0.05) is 48.0 Å². The van der Waals surface area contributed by atoms with Crippen molar-refractivity contribution < 1.29 is 14.5 Å². The summed E-state index contributed by atoms with van der Waals surface area (Å²) in [6, 6.07) is 13.3. The zero-order valence-corrected chi connectivity index (χ0v) is 15.4. The Balaban J connectivity index is 1.69. The molecule has 0 unspecified atom stereocenters.